The van der Waals surface area contributed by atoms with Gasteiger partial charge in [-0.3, -0.25) is 9.59 Å². The molecular weight excluding hydrogens is 1220 g/mol. The van der Waals surface area contributed by atoms with E-state index in [4.69, 9.17) is 18.9 Å². The van der Waals surface area contributed by atoms with Crippen LogP contribution in [0.5, 0.6) is 0 Å². The highest BCUT2D eigenvalue weighted by molar-refractivity contribution is 5.70. The highest BCUT2D eigenvalue weighted by Crippen LogP contribution is 2.19. The van der Waals surface area contributed by atoms with Crippen LogP contribution in [-0.2, 0) is 33.3 Å². The van der Waals surface area contributed by atoms with Crippen molar-refractivity contribution >= 4 is 17.9 Å². The molecule has 0 fully saturated rings. The van der Waals surface area contributed by atoms with Gasteiger partial charge in [-0.25, -0.2) is 0 Å². The van der Waals surface area contributed by atoms with Crippen LogP contribution in [0.15, 0.2) is 122 Å². The number of carboxylic acids is 1. The fraction of sp³-hybridized carbons (Fsp3) is 0.744. The molecule has 0 aromatic rings. The smallest absolute Gasteiger partial charge is 0.306 e. The quantitative estimate of drug-likeness (QED) is 0.0195. The third-order valence-corrected chi connectivity index (χ3v) is 18.2. The molecule has 0 saturated carbocycles. The molecule has 0 aliphatic carbocycles. The maximum atomic E-state index is 13.0. The molecule has 0 aliphatic rings. The summed E-state index contributed by atoms with van der Waals surface area (Å²) in [5.74, 6) is -2.26. The predicted octanol–water partition coefficient (Wildman–Crippen LogP) is 25.7. The van der Waals surface area contributed by atoms with Crippen LogP contribution in [0.1, 0.15) is 373 Å². The van der Waals surface area contributed by atoms with Gasteiger partial charge in [0, 0.05) is 12.8 Å². The van der Waals surface area contributed by atoms with E-state index in [0.717, 1.165) is 96.3 Å². The lowest BCUT2D eigenvalue weighted by Crippen LogP contribution is -2.44. The van der Waals surface area contributed by atoms with Crippen molar-refractivity contribution in [3.05, 3.63) is 122 Å². The van der Waals surface area contributed by atoms with E-state index in [9.17, 15) is 19.5 Å². The summed E-state index contributed by atoms with van der Waals surface area (Å²) in [4.78, 5) is 37.7. The number of hydrogen-bond donors (Lipinski definition) is 0. The standard InChI is InChI=1S/C90H157NO8/c1-6-8-10-12-14-16-18-20-22-24-26-28-30-32-34-36-38-40-42-43-44-45-47-49-51-53-55-57-59-61-63-65-67-69-71-73-75-77-79-81-88(93)99-86(85-98-90(89(94)95)96-83-82-91(3,4)5)84-97-87(92)80-78-76-74-72-70-68-66-64-62-60-58-56-54-52-50-48-46-41-39-37-35-33-31-29-27-25-23-21-19-17-15-13-11-9-7-2/h8-11,14-17,20-23,26-29,32-35,86,90H,6-7,12-13,18-19,24-25,30-31,36-85H2,1-5H3/b10-8-,11-9-,16-14-,17-15-,22-20-,23-21-,28-26-,29-27-,34-32-,35-33-. The number of carbonyl (C=O) groups is 3. The first-order chi connectivity index (χ1) is 48.6. The normalized spacial score (nSPS) is 13.3. The average Bonchev–Trinajstić information content (AvgIpc) is 1.14. The van der Waals surface area contributed by atoms with Crippen LogP contribution >= 0.6 is 0 Å². The van der Waals surface area contributed by atoms with E-state index in [0.29, 0.717) is 23.9 Å². The molecule has 2 unspecified atom stereocenters. The van der Waals surface area contributed by atoms with E-state index in [1.54, 1.807) is 0 Å². The number of rotatable bonds is 77. The topological polar surface area (TPSA) is 111 Å². The lowest BCUT2D eigenvalue weighted by molar-refractivity contribution is -0.870. The van der Waals surface area contributed by atoms with Gasteiger partial charge >= 0.3 is 11.9 Å². The Morgan fingerprint density at radius 1 is 0.303 bits per heavy atom. The molecule has 2 atom stereocenters. The van der Waals surface area contributed by atoms with Gasteiger partial charge in [-0.1, -0.05) is 379 Å². The number of likely N-dealkylation sites (N-methyl/N-ethyl adjacent to an activating group) is 1. The van der Waals surface area contributed by atoms with Crippen LogP contribution in [0.4, 0.5) is 0 Å². The molecule has 0 amide bonds. The van der Waals surface area contributed by atoms with Gasteiger partial charge in [-0.15, -0.1) is 0 Å². The Labute approximate surface area is 612 Å². The van der Waals surface area contributed by atoms with Crippen molar-refractivity contribution in [3.8, 4) is 0 Å². The van der Waals surface area contributed by atoms with Crippen molar-refractivity contribution in [1.82, 2.24) is 0 Å². The predicted molar refractivity (Wildman–Crippen MR) is 426 cm³/mol. The van der Waals surface area contributed by atoms with Gasteiger partial charge in [0.1, 0.15) is 13.2 Å². The number of hydrogen-bond acceptors (Lipinski definition) is 8. The van der Waals surface area contributed by atoms with Gasteiger partial charge in [0.15, 0.2) is 12.4 Å². The minimum atomic E-state index is -1.62. The lowest BCUT2D eigenvalue weighted by Gasteiger charge is -2.26. The van der Waals surface area contributed by atoms with Crippen LogP contribution in [0.3, 0.4) is 0 Å². The number of allylic oxidation sites excluding steroid dienone is 20. The summed E-state index contributed by atoms with van der Waals surface area (Å²) in [5, 5.41) is 11.9. The third-order valence-electron chi connectivity index (χ3n) is 18.2. The first-order valence-electron chi connectivity index (χ1n) is 41.7. The van der Waals surface area contributed by atoms with Crippen molar-refractivity contribution in [2.45, 2.75) is 386 Å². The third kappa shape index (κ3) is 80.9. The summed E-state index contributed by atoms with van der Waals surface area (Å²) in [6.07, 6.45) is 110. The molecule has 0 saturated heterocycles. The molecule has 9 nitrogen and oxygen atoms in total. The zero-order valence-corrected chi connectivity index (χ0v) is 65.3. The second-order valence-corrected chi connectivity index (χ2v) is 29.0. The van der Waals surface area contributed by atoms with Gasteiger partial charge in [-0.05, 0) is 103 Å². The average molecular weight is 1380 g/mol. The Hall–Kier alpha value is -4.31. The number of aliphatic carboxylic acids is 1. The van der Waals surface area contributed by atoms with Crippen LogP contribution in [0.2, 0.25) is 0 Å². The van der Waals surface area contributed by atoms with E-state index in [-0.39, 0.29) is 32.2 Å². The molecule has 570 valence electrons. The second kappa shape index (κ2) is 79.4. The highest BCUT2D eigenvalue weighted by atomic mass is 16.7. The number of esters is 2. The maximum Gasteiger partial charge on any atom is 0.306 e. The van der Waals surface area contributed by atoms with Gasteiger partial charge in [0.25, 0.3) is 0 Å². The summed E-state index contributed by atoms with van der Waals surface area (Å²) in [6, 6.07) is 0. The molecule has 0 bridgehead atoms. The molecule has 0 heterocycles. The van der Waals surface area contributed by atoms with Gasteiger partial charge < -0.3 is 33.3 Å². The molecule has 0 N–H and O–H groups in total. The van der Waals surface area contributed by atoms with Crippen LogP contribution in [0, 0.1) is 0 Å². The van der Waals surface area contributed by atoms with E-state index in [1.807, 2.05) is 21.1 Å². The highest BCUT2D eigenvalue weighted by Gasteiger charge is 2.22. The Balaban J connectivity index is 3.97. The Morgan fingerprint density at radius 2 is 0.545 bits per heavy atom. The Morgan fingerprint density at radius 3 is 0.808 bits per heavy atom. The zero-order chi connectivity index (χ0) is 71.8. The number of ether oxygens (including phenoxy) is 4. The monoisotopic (exact) mass is 1380 g/mol. The zero-order valence-electron chi connectivity index (χ0n) is 65.3. The number of carboxylic acid groups (broad SMARTS) is 1. The molecule has 0 rings (SSSR count). The molecule has 9 heteroatoms. The first-order valence-corrected chi connectivity index (χ1v) is 41.7. The number of unbranched alkanes of at least 4 members (excludes halogenated alkanes) is 42. The maximum absolute atomic E-state index is 13.0. The molecule has 99 heavy (non-hydrogen) atoms. The summed E-state index contributed by atoms with van der Waals surface area (Å²) >= 11 is 0. The van der Waals surface area contributed by atoms with Gasteiger partial charge in [0.05, 0.1) is 40.3 Å². The van der Waals surface area contributed by atoms with E-state index < -0.39 is 24.3 Å². The summed E-state index contributed by atoms with van der Waals surface area (Å²) in [7, 11) is 5.95. The minimum Gasteiger partial charge on any atom is -0.545 e. The van der Waals surface area contributed by atoms with Crippen LogP contribution in [-0.4, -0.2) is 82.3 Å². The van der Waals surface area contributed by atoms with Crippen molar-refractivity contribution in [2.24, 2.45) is 0 Å². The summed E-state index contributed by atoms with van der Waals surface area (Å²) in [5.41, 5.74) is 0. The van der Waals surface area contributed by atoms with E-state index in [2.05, 4.69) is 135 Å². The minimum absolute atomic E-state index is 0.147. The first kappa shape index (κ1) is 94.7. The number of nitrogens with zero attached hydrogens (tertiary/aromatic N) is 1. The van der Waals surface area contributed by atoms with E-state index >= 15 is 0 Å². The molecule has 0 aliphatic heterocycles. The van der Waals surface area contributed by atoms with E-state index in [1.165, 1.54) is 244 Å². The van der Waals surface area contributed by atoms with Gasteiger partial charge in [0.2, 0.25) is 0 Å². The molecule has 0 radical (unpaired) electrons. The Kier molecular flexibility index (Phi) is 75.9. The van der Waals surface area contributed by atoms with Crippen molar-refractivity contribution in [3.63, 3.8) is 0 Å². The van der Waals surface area contributed by atoms with Crippen LogP contribution < -0.4 is 5.11 Å². The van der Waals surface area contributed by atoms with Crippen molar-refractivity contribution in [2.75, 3.05) is 47.5 Å². The largest absolute Gasteiger partial charge is 0.545 e. The van der Waals surface area contributed by atoms with Gasteiger partial charge in [-0.2, -0.15) is 0 Å². The van der Waals surface area contributed by atoms with Crippen LogP contribution in [0.25, 0.3) is 0 Å². The summed E-state index contributed by atoms with van der Waals surface area (Å²) < 4.78 is 22.9. The van der Waals surface area contributed by atoms with Crippen molar-refractivity contribution in [1.29, 1.82) is 0 Å². The molecular formula is C90H157NO8. The second-order valence-electron chi connectivity index (χ2n) is 29.0. The summed E-state index contributed by atoms with van der Waals surface area (Å²) in [6.45, 7) is 4.57. The lowest BCUT2D eigenvalue weighted by atomic mass is 10.0. The fourth-order valence-corrected chi connectivity index (χ4v) is 11.9. The number of quaternary nitrogens is 1. The molecule has 0 aromatic carbocycles. The molecule has 0 spiro atoms. The SMILES string of the molecule is CC/C=C\C/C=C\C/C=C\C/C=C\C/C=C\CCCCCCCCCCCCCCCCCCCCCCCCCC(=O)OC(COC(=O)CCCCCCCCCCCCCCCCCCCCC/C=C\C/C=C\C/C=C\C/C=C\C/C=C\CC)COC(OCC[N+](C)(C)C)C(=O)[O-]. The Bertz CT molecular complexity index is 2050. The number of carbonyl (C=O) groups excluding carboxylic acids is 3. The molecule has 0 aromatic heterocycles. The fourth-order valence-electron chi connectivity index (χ4n) is 11.9. The van der Waals surface area contributed by atoms with Crippen molar-refractivity contribution < 1.29 is 42.9 Å².